The van der Waals surface area contributed by atoms with Gasteiger partial charge in [-0.05, 0) is 25.1 Å². The van der Waals surface area contributed by atoms with E-state index in [0.717, 1.165) is 0 Å². The molecular formula is C12H12ClN5O2S. The zero-order valence-electron chi connectivity index (χ0n) is 11.3. The standard InChI is InChI=1S/C12H12ClN5O2S/c1-8(12-16-15-7-18(12)2)17-21(19,20)11-5-9(6-14)3-4-10(11)13/h3-5,7-8,17H,1-2H3. The van der Waals surface area contributed by atoms with Gasteiger partial charge in [0, 0.05) is 7.05 Å². The molecule has 0 fully saturated rings. The Morgan fingerprint density at radius 2 is 2.19 bits per heavy atom. The molecule has 0 saturated heterocycles. The van der Waals surface area contributed by atoms with Crippen molar-refractivity contribution in [3.63, 3.8) is 0 Å². The van der Waals surface area contributed by atoms with Crippen LogP contribution < -0.4 is 4.72 Å². The lowest BCUT2D eigenvalue weighted by Gasteiger charge is -2.14. The summed E-state index contributed by atoms with van der Waals surface area (Å²) in [6.45, 7) is 1.64. The topological polar surface area (TPSA) is 101 Å². The van der Waals surface area contributed by atoms with Crippen molar-refractivity contribution in [3.8, 4) is 6.07 Å². The van der Waals surface area contributed by atoms with Crippen molar-refractivity contribution in [2.24, 2.45) is 7.05 Å². The first-order valence-corrected chi connectivity index (χ1v) is 7.77. The lowest BCUT2D eigenvalue weighted by molar-refractivity contribution is 0.553. The molecule has 7 nitrogen and oxygen atoms in total. The summed E-state index contributed by atoms with van der Waals surface area (Å²) >= 11 is 5.92. The molecule has 0 bridgehead atoms. The van der Waals surface area contributed by atoms with Crippen molar-refractivity contribution < 1.29 is 8.42 Å². The number of aromatic nitrogens is 3. The van der Waals surface area contributed by atoms with Crippen LogP contribution in [0.25, 0.3) is 0 Å². The Kier molecular flexibility index (Phi) is 4.27. The Bertz CT molecular complexity index is 809. The van der Waals surface area contributed by atoms with Crippen LogP contribution in [0, 0.1) is 11.3 Å². The van der Waals surface area contributed by atoms with E-state index in [-0.39, 0.29) is 15.5 Å². The fourth-order valence-corrected chi connectivity index (χ4v) is 3.54. The molecule has 21 heavy (non-hydrogen) atoms. The van der Waals surface area contributed by atoms with Crippen LogP contribution in [0.4, 0.5) is 0 Å². The van der Waals surface area contributed by atoms with E-state index in [0.29, 0.717) is 5.82 Å². The van der Waals surface area contributed by atoms with Crippen molar-refractivity contribution in [1.82, 2.24) is 19.5 Å². The van der Waals surface area contributed by atoms with E-state index in [1.54, 1.807) is 18.5 Å². The van der Waals surface area contributed by atoms with Crippen LogP contribution >= 0.6 is 11.6 Å². The zero-order chi connectivity index (χ0) is 15.6. The molecule has 0 aliphatic rings. The molecule has 1 aromatic carbocycles. The minimum Gasteiger partial charge on any atom is -0.319 e. The first-order chi connectivity index (χ1) is 9.85. The number of hydrogen-bond donors (Lipinski definition) is 1. The third kappa shape index (κ3) is 3.21. The summed E-state index contributed by atoms with van der Waals surface area (Å²) in [5.41, 5.74) is 0.214. The van der Waals surface area contributed by atoms with E-state index in [2.05, 4.69) is 14.9 Å². The highest BCUT2D eigenvalue weighted by Gasteiger charge is 2.23. The average Bonchev–Trinajstić information content (AvgIpc) is 2.85. The van der Waals surface area contributed by atoms with Crippen molar-refractivity contribution >= 4 is 21.6 Å². The predicted molar refractivity (Wildman–Crippen MR) is 75.9 cm³/mol. The van der Waals surface area contributed by atoms with Crippen LogP contribution in [-0.2, 0) is 17.1 Å². The summed E-state index contributed by atoms with van der Waals surface area (Å²) in [4.78, 5) is -0.141. The number of nitrogens with one attached hydrogen (secondary N) is 1. The van der Waals surface area contributed by atoms with E-state index in [1.807, 2.05) is 6.07 Å². The van der Waals surface area contributed by atoms with Gasteiger partial charge in [0.1, 0.15) is 17.0 Å². The number of nitriles is 1. The second-order valence-corrected chi connectivity index (χ2v) is 6.49. The Balaban J connectivity index is 2.35. The molecule has 1 atom stereocenters. The lowest BCUT2D eigenvalue weighted by Crippen LogP contribution is -2.28. The van der Waals surface area contributed by atoms with Crippen molar-refractivity contribution in [2.75, 3.05) is 0 Å². The maximum atomic E-state index is 12.4. The number of hydrogen-bond acceptors (Lipinski definition) is 5. The van der Waals surface area contributed by atoms with Crippen LogP contribution in [0.2, 0.25) is 5.02 Å². The van der Waals surface area contributed by atoms with Crippen LogP contribution in [0.15, 0.2) is 29.4 Å². The van der Waals surface area contributed by atoms with Gasteiger partial charge in [-0.3, -0.25) is 0 Å². The van der Waals surface area contributed by atoms with Crippen LogP contribution in [0.5, 0.6) is 0 Å². The van der Waals surface area contributed by atoms with E-state index in [4.69, 9.17) is 16.9 Å². The summed E-state index contributed by atoms with van der Waals surface area (Å²) in [5.74, 6) is 0.464. The highest BCUT2D eigenvalue weighted by molar-refractivity contribution is 7.89. The van der Waals surface area contributed by atoms with Crippen molar-refractivity contribution in [2.45, 2.75) is 17.9 Å². The molecule has 0 amide bonds. The molecule has 1 aromatic heterocycles. The Morgan fingerprint density at radius 1 is 1.48 bits per heavy atom. The highest BCUT2D eigenvalue weighted by Crippen LogP contribution is 2.24. The van der Waals surface area contributed by atoms with E-state index >= 15 is 0 Å². The molecule has 2 aromatic rings. The molecule has 110 valence electrons. The molecule has 1 unspecified atom stereocenters. The molecule has 1 heterocycles. The number of halogens is 1. The molecule has 1 N–H and O–H groups in total. The minimum atomic E-state index is -3.88. The first-order valence-electron chi connectivity index (χ1n) is 5.91. The molecule has 0 saturated carbocycles. The predicted octanol–water partition coefficient (Wildman–Crippen LogP) is 1.38. The Morgan fingerprint density at radius 3 is 2.76 bits per heavy atom. The minimum absolute atomic E-state index is 0.0478. The maximum absolute atomic E-state index is 12.4. The van der Waals surface area contributed by atoms with Crippen LogP contribution in [0.3, 0.4) is 0 Å². The third-order valence-electron chi connectivity index (χ3n) is 2.82. The fraction of sp³-hybridized carbons (Fsp3) is 0.250. The zero-order valence-corrected chi connectivity index (χ0v) is 12.9. The van der Waals surface area contributed by atoms with Crippen molar-refractivity contribution in [3.05, 3.63) is 40.9 Å². The van der Waals surface area contributed by atoms with E-state index in [1.165, 1.54) is 24.5 Å². The maximum Gasteiger partial charge on any atom is 0.242 e. The van der Waals surface area contributed by atoms with Gasteiger partial charge in [0.15, 0.2) is 0 Å². The van der Waals surface area contributed by atoms with Gasteiger partial charge >= 0.3 is 0 Å². The number of nitrogens with zero attached hydrogens (tertiary/aromatic N) is 4. The highest BCUT2D eigenvalue weighted by atomic mass is 35.5. The molecule has 2 rings (SSSR count). The van der Waals surface area contributed by atoms with Crippen LogP contribution in [0.1, 0.15) is 24.4 Å². The second kappa shape index (κ2) is 5.81. The second-order valence-electron chi connectivity index (χ2n) is 4.40. The number of sulfonamides is 1. The summed E-state index contributed by atoms with van der Waals surface area (Å²) in [6, 6.07) is 5.34. The van der Waals surface area contributed by atoms with Gasteiger partial charge in [-0.2, -0.15) is 5.26 Å². The lowest BCUT2D eigenvalue weighted by atomic mass is 10.2. The van der Waals surface area contributed by atoms with E-state index in [9.17, 15) is 8.42 Å². The fourth-order valence-electron chi connectivity index (χ4n) is 1.81. The molecular weight excluding hydrogens is 314 g/mol. The van der Waals surface area contributed by atoms with E-state index < -0.39 is 16.1 Å². The Hall–Kier alpha value is -1.95. The van der Waals surface area contributed by atoms with Gasteiger partial charge in [-0.15, -0.1) is 10.2 Å². The van der Waals surface area contributed by atoms with Gasteiger partial charge in [0.25, 0.3) is 0 Å². The smallest absolute Gasteiger partial charge is 0.242 e. The van der Waals surface area contributed by atoms with Gasteiger partial charge in [-0.25, -0.2) is 13.1 Å². The normalized spacial score (nSPS) is 12.9. The number of rotatable bonds is 4. The Labute approximate surface area is 127 Å². The first kappa shape index (κ1) is 15.4. The quantitative estimate of drug-likeness (QED) is 0.915. The van der Waals surface area contributed by atoms with Crippen molar-refractivity contribution in [1.29, 1.82) is 5.26 Å². The summed E-state index contributed by atoms with van der Waals surface area (Å²) in [7, 11) is -2.17. The molecule has 9 heteroatoms. The van der Waals surface area contributed by atoms with Gasteiger partial charge in [-0.1, -0.05) is 11.6 Å². The molecule has 0 aliphatic carbocycles. The van der Waals surface area contributed by atoms with Gasteiger partial charge in [0.2, 0.25) is 10.0 Å². The molecule has 0 radical (unpaired) electrons. The number of aryl methyl sites for hydroxylation is 1. The van der Waals surface area contributed by atoms with Gasteiger partial charge in [0.05, 0.1) is 22.7 Å². The summed E-state index contributed by atoms with van der Waals surface area (Å²) < 4.78 is 28.8. The summed E-state index contributed by atoms with van der Waals surface area (Å²) in [5, 5.41) is 16.5. The third-order valence-corrected chi connectivity index (χ3v) is 4.84. The SMILES string of the molecule is CC(NS(=O)(=O)c1cc(C#N)ccc1Cl)c1nncn1C. The van der Waals surface area contributed by atoms with Crippen LogP contribution in [-0.4, -0.2) is 23.2 Å². The monoisotopic (exact) mass is 325 g/mol. The van der Waals surface area contributed by atoms with Gasteiger partial charge < -0.3 is 4.57 Å². The molecule has 0 aliphatic heterocycles. The molecule has 0 spiro atoms. The number of benzene rings is 1. The average molecular weight is 326 g/mol. The summed E-state index contributed by atoms with van der Waals surface area (Å²) in [6.07, 6.45) is 1.48. The largest absolute Gasteiger partial charge is 0.319 e.